The van der Waals surface area contributed by atoms with Crippen LogP contribution in [-0.2, 0) is 13.2 Å². The highest BCUT2D eigenvalue weighted by Gasteiger charge is 2.35. The molecule has 0 fully saturated rings. The predicted molar refractivity (Wildman–Crippen MR) is 110 cm³/mol. The second kappa shape index (κ2) is 10.3. The summed E-state index contributed by atoms with van der Waals surface area (Å²) >= 11 is 6.77. The number of carbonyl (C=O) groups excluding carboxylic acids is 2. The molecule has 0 bridgehead atoms. The largest absolute Gasteiger partial charge is 0.417 e. The number of anilines is 1. The van der Waals surface area contributed by atoms with Crippen molar-refractivity contribution in [1.82, 2.24) is 20.2 Å². The number of hydrogen-bond acceptors (Lipinski definition) is 6. The van der Waals surface area contributed by atoms with Crippen LogP contribution in [0.3, 0.4) is 0 Å². The Kier molecular flexibility index (Phi) is 8.00. The maximum atomic E-state index is 12.9. The number of amides is 2. The van der Waals surface area contributed by atoms with Crippen LogP contribution in [0.5, 0.6) is 0 Å². The standard InChI is InChI=1S/C11H9ClF3N5OS.C7H7NO/c1-20-10(17-18-19-20)16-9(21)5-3-4-6(11(13,14)15)8(22-2)7(5)12;8-7(9)6-4-2-1-3-5-6/h3-4H,1-2H3,(H,16,17,19,21);1-5H,(H2,8,9). The van der Waals surface area contributed by atoms with E-state index in [9.17, 15) is 22.8 Å². The molecule has 0 unspecified atom stereocenters. The molecule has 0 atom stereocenters. The molecule has 0 aliphatic heterocycles. The average molecular weight is 473 g/mol. The molecule has 0 saturated heterocycles. The molecule has 164 valence electrons. The van der Waals surface area contributed by atoms with Crippen LogP contribution in [0.1, 0.15) is 26.3 Å². The van der Waals surface area contributed by atoms with E-state index in [2.05, 4.69) is 20.8 Å². The van der Waals surface area contributed by atoms with Gasteiger partial charge in [-0.3, -0.25) is 14.9 Å². The summed E-state index contributed by atoms with van der Waals surface area (Å²) in [4.78, 5) is 22.3. The zero-order valence-electron chi connectivity index (χ0n) is 16.1. The normalized spacial score (nSPS) is 10.8. The van der Waals surface area contributed by atoms with Gasteiger partial charge >= 0.3 is 6.18 Å². The van der Waals surface area contributed by atoms with Gasteiger partial charge in [0.1, 0.15) is 0 Å². The van der Waals surface area contributed by atoms with Crippen LogP contribution in [0, 0.1) is 0 Å². The van der Waals surface area contributed by atoms with Crippen molar-refractivity contribution in [3.63, 3.8) is 0 Å². The number of hydrogen-bond donors (Lipinski definition) is 2. The van der Waals surface area contributed by atoms with Gasteiger partial charge in [0.15, 0.2) is 0 Å². The fourth-order valence-corrected chi connectivity index (χ4v) is 3.44. The van der Waals surface area contributed by atoms with E-state index in [1.165, 1.54) is 18.0 Å². The molecule has 0 saturated carbocycles. The molecule has 0 aliphatic carbocycles. The second-order valence-corrected chi connectivity index (χ2v) is 7.01. The first kappa shape index (κ1) is 24.2. The summed E-state index contributed by atoms with van der Waals surface area (Å²) < 4.78 is 39.9. The third kappa shape index (κ3) is 6.18. The van der Waals surface area contributed by atoms with Crippen LogP contribution in [0.4, 0.5) is 19.1 Å². The van der Waals surface area contributed by atoms with Gasteiger partial charge in [-0.25, -0.2) is 4.68 Å². The van der Waals surface area contributed by atoms with Crippen molar-refractivity contribution in [3.05, 3.63) is 64.2 Å². The molecule has 1 heterocycles. The highest BCUT2D eigenvalue weighted by molar-refractivity contribution is 7.98. The van der Waals surface area contributed by atoms with E-state index in [0.717, 1.165) is 23.9 Å². The maximum Gasteiger partial charge on any atom is 0.417 e. The summed E-state index contributed by atoms with van der Waals surface area (Å²) in [5.41, 5.74) is 4.55. The second-order valence-electron chi connectivity index (χ2n) is 5.82. The molecule has 3 N–H and O–H groups in total. The zero-order chi connectivity index (χ0) is 23.2. The molecule has 8 nitrogen and oxygen atoms in total. The van der Waals surface area contributed by atoms with Crippen LogP contribution < -0.4 is 11.1 Å². The van der Waals surface area contributed by atoms with Crippen molar-refractivity contribution in [2.45, 2.75) is 11.1 Å². The third-order valence-electron chi connectivity index (χ3n) is 3.76. The Bertz CT molecular complexity index is 1080. The lowest BCUT2D eigenvalue weighted by atomic mass is 10.1. The van der Waals surface area contributed by atoms with Crippen LogP contribution in [0.15, 0.2) is 47.4 Å². The third-order valence-corrected chi connectivity index (χ3v) is 5.09. The number of rotatable bonds is 4. The SMILES string of the molecule is CSc1c(C(F)(F)F)ccc(C(=O)Nc2nnnn2C)c1Cl.NC(=O)c1ccccc1. The number of thioether (sulfide) groups is 1. The van der Waals surface area contributed by atoms with E-state index >= 15 is 0 Å². The summed E-state index contributed by atoms with van der Waals surface area (Å²) in [6.07, 6.45) is -3.10. The van der Waals surface area contributed by atoms with E-state index in [-0.39, 0.29) is 27.3 Å². The van der Waals surface area contributed by atoms with Gasteiger partial charge in [-0.2, -0.15) is 13.2 Å². The molecule has 13 heteroatoms. The van der Waals surface area contributed by atoms with Gasteiger partial charge in [-0.15, -0.1) is 11.8 Å². The topological polar surface area (TPSA) is 116 Å². The number of aromatic nitrogens is 4. The molecule has 2 amide bonds. The molecule has 31 heavy (non-hydrogen) atoms. The molecule has 1 aromatic heterocycles. The minimum atomic E-state index is -4.55. The number of nitrogens with two attached hydrogens (primary N) is 1. The van der Waals surface area contributed by atoms with Crippen LogP contribution in [0.2, 0.25) is 5.02 Å². The average Bonchev–Trinajstić information content (AvgIpc) is 3.12. The number of nitrogens with one attached hydrogen (secondary N) is 1. The number of carbonyl (C=O) groups is 2. The van der Waals surface area contributed by atoms with Gasteiger partial charge in [0.2, 0.25) is 11.9 Å². The number of halogens is 4. The Morgan fingerprint density at radius 2 is 1.81 bits per heavy atom. The summed E-state index contributed by atoms with van der Waals surface area (Å²) in [7, 11) is 1.50. The highest BCUT2D eigenvalue weighted by atomic mass is 35.5. The Balaban J connectivity index is 0.000000316. The summed E-state index contributed by atoms with van der Waals surface area (Å²) in [5, 5.41) is 12.5. The highest BCUT2D eigenvalue weighted by Crippen LogP contribution is 2.41. The molecule has 3 aromatic rings. The van der Waals surface area contributed by atoms with E-state index in [4.69, 9.17) is 17.3 Å². The summed E-state index contributed by atoms with van der Waals surface area (Å²) in [5.74, 6) is -1.03. The number of primary amides is 1. The quantitative estimate of drug-likeness (QED) is 0.560. The van der Waals surface area contributed by atoms with E-state index in [1.807, 2.05) is 6.07 Å². The first-order valence-electron chi connectivity index (χ1n) is 8.38. The first-order valence-corrected chi connectivity index (χ1v) is 9.98. The Labute approximate surface area is 183 Å². The van der Waals surface area contributed by atoms with Gasteiger partial charge in [0.25, 0.3) is 5.91 Å². The van der Waals surface area contributed by atoms with Gasteiger partial charge in [0, 0.05) is 17.5 Å². The predicted octanol–water partition coefficient (Wildman–Crippen LogP) is 3.64. The first-order chi connectivity index (χ1) is 14.6. The van der Waals surface area contributed by atoms with Crippen molar-refractivity contribution >= 4 is 41.1 Å². The molecule has 0 aliphatic rings. The molecule has 3 rings (SSSR count). The Hall–Kier alpha value is -3.12. The fraction of sp³-hybridized carbons (Fsp3) is 0.167. The minimum absolute atomic E-state index is 0.0478. The number of nitrogens with zero attached hydrogens (tertiary/aromatic N) is 4. The van der Waals surface area contributed by atoms with Gasteiger partial charge in [0.05, 0.1) is 16.1 Å². The fourth-order valence-electron chi connectivity index (χ4n) is 2.26. The van der Waals surface area contributed by atoms with E-state index < -0.39 is 17.6 Å². The van der Waals surface area contributed by atoms with Gasteiger partial charge < -0.3 is 5.73 Å². The molecule has 0 radical (unpaired) electrons. The number of alkyl halides is 3. The number of aryl methyl sites for hydroxylation is 1. The number of tetrazole rings is 1. The monoisotopic (exact) mass is 472 g/mol. The van der Waals surface area contributed by atoms with Gasteiger partial charge in [-0.1, -0.05) is 34.9 Å². The van der Waals surface area contributed by atoms with Gasteiger partial charge in [-0.05, 0) is 40.9 Å². The van der Waals surface area contributed by atoms with Crippen LogP contribution in [-0.4, -0.2) is 38.3 Å². The van der Waals surface area contributed by atoms with E-state index in [0.29, 0.717) is 5.56 Å². The van der Waals surface area contributed by atoms with Crippen molar-refractivity contribution in [3.8, 4) is 0 Å². The lowest BCUT2D eigenvalue weighted by Crippen LogP contribution is -2.17. The molecular formula is C18H16ClF3N6O2S. The molecule has 0 spiro atoms. The summed E-state index contributed by atoms with van der Waals surface area (Å²) in [6.45, 7) is 0. The molecule has 2 aromatic carbocycles. The smallest absolute Gasteiger partial charge is 0.366 e. The number of benzene rings is 2. The zero-order valence-corrected chi connectivity index (χ0v) is 17.7. The maximum absolute atomic E-state index is 12.9. The van der Waals surface area contributed by atoms with Crippen molar-refractivity contribution in [2.24, 2.45) is 12.8 Å². The Morgan fingerprint density at radius 3 is 2.26 bits per heavy atom. The lowest BCUT2D eigenvalue weighted by Gasteiger charge is -2.15. The van der Waals surface area contributed by atoms with Crippen LogP contribution >= 0.6 is 23.4 Å². The molecular weight excluding hydrogens is 457 g/mol. The van der Waals surface area contributed by atoms with Crippen LogP contribution in [0.25, 0.3) is 0 Å². The van der Waals surface area contributed by atoms with Crippen molar-refractivity contribution < 1.29 is 22.8 Å². The lowest BCUT2D eigenvalue weighted by molar-refractivity contribution is -0.139. The van der Waals surface area contributed by atoms with Crippen molar-refractivity contribution in [1.29, 1.82) is 0 Å². The summed E-state index contributed by atoms with van der Waals surface area (Å²) in [6, 6.07) is 10.6. The van der Waals surface area contributed by atoms with E-state index in [1.54, 1.807) is 24.3 Å². The Morgan fingerprint density at radius 1 is 1.16 bits per heavy atom. The minimum Gasteiger partial charge on any atom is -0.366 e. The van der Waals surface area contributed by atoms with Crippen molar-refractivity contribution in [2.75, 3.05) is 11.6 Å².